The predicted molar refractivity (Wildman–Crippen MR) is 91.7 cm³/mol. The molecule has 1 heterocycles. The molecule has 2 aromatic rings. The first-order chi connectivity index (χ1) is 12.3. The molecule has 0 amide bonds. The van der Waals surface area contributed by atoms with Gasteiger partial charge in [-0.1, -0.05) is 60.7 Å². The van der Waals surface area contributed by atoms with Gasteiger partial charge in [-0.25, -0.2) is 4.39 Å². The molecule has 1 aliphatic heterocycles. The smallest absolute Gasteiger partial charge is 0.191 e. The molecule has 2 unspecified atom stereocenters. The summed E-state index contributed by atoms with van der Waals surface area (Å²) in [6, 6.07) is 19.5. The number of hydrogen-bond acceptors (Lipinski definition) is 4. The van der Waals surface area contributed by atoms with Gasteiger partial charge in [0, 0.05) is 7.11 Å². The minimum Gasteiger partial charge on any atom is -0.374 e. The monoisotopic (exact) mass is 346 g/mol. The number of hydrogen-bond donors (Lipinski definition) is 0. The second-order valence-electron chi connectivity index (χ2n) is 5.98. The number of benzene rings is 2. The van der Waals surface area contributed by atoms with Crippen LogP contribution in [0.1, 0.15) is 11.1 Å². The Morgan fingerprint density at radius 2 is 1.52 bits per heavy atom. The van der Waals surface area contributed by atoms with Gasteiger partial charge in [-0.05, 0) is 11.1 Å². The number of halogens is 1. The molecule has 3 rings (SSSR count). The lowest BCUT2D eigenvalue weighted by Crippen LogP contribution is -2.35. The van der Waals surface area contributed by atoms with Gasteiger partial charge in [0.25, 0.3) is 0 Å². The van der Waals surface area contributed by atoms with Crippen LogP contribution >= 0.6 is 0 Å². The van der Waals surface area contributed by atoms with Crippen LogP contribution in [0.3, 0.4) is 0 Å². The summed E-state index contributed by atoms with van der Waals surface area (Å²) in [6.45, 7) is 1.01. The van der Waals surface area contributed by atoms with Gasteiger partial charge in [0.05, 0.1) is 19.8 Å². The SMILES string of the molecule is CO[C@@H]1O[C@H](COCc2ccccc2)C(OCc2ccccc2)C1F. The second kappa shape index (κ2) is 9.06. The third kappa shape index (κ3) is 4.86. The largest absolute Gasteiger partial charge is 0.374 e. The summed E-state index contributed by atoms with van der Waals surface area (Å²) in [4.78, 5) is 0. The van der Waals surface area contributed by atoms with Crippen LogP contribution in [0.5, 0.6) is 0 Å². The molecule has 2 aromatic carbocycles. The quantitative estimate of drug-likeness (QED) is 0.733. The lowest BCUT2D eigenvalue weighted by molar-refractivity contribution is -0.147. The lowest BCUT2D eigenvalue weighted by Gasteiger charge is -2.20. The van der Waals surface area contributed by atoms with Gasteiger partial charge < -0.3 is 18.9 Å². The van der Waals surface area contributed by atoms with E-state index in [0.717, 1.165) is 11.1 Å². The maximum Gasteiger partial charge on any atom is 0.191 e. The number of alkyl halides is 1. The summed E-state index contributed by atoms with van der Waals surface area (Å²) in [5.74, 6) is 0. The molecule has 0 aliphatic carbocycles. The fourth-order valence-corrected chi connectivity index (χ4v) is 2.84. The van der Waals surface area contributed by atoms with Crippen molar-refractivity contribution in [2.45, 2.75) is 37.9 Å². The minimum atomic E-state index is -1.35. The van der Waals surface area contributed by atoms with E-state index >= 15 is 0 Å². The third-order valence-electron chi connectivity index (χ3n) is 4.16. The van der Waals surface area contributed by atoms with E-state index in [0.29, 0.717) is 13.2 Å². The van der Waals surface area contributed by atoms with Gasteiger partial charge in [0.1, 0.15) is 12.2 Å². The van der Waals surface area contributed by atoms with Crippen molar-refractivity contribution in [1.29, 1.82) is 0 Å². The van der Waals surface area contributed by atoms with Crippen LogP contribution in [0.4, 0.5) is 4.39 Å². The highest BCUT2D eigenvalue weighted by atomic mass is 19.1. The Morgan fingerprint density at radius 3 is 2.12 bits per heavy atom. The summed E-state index contributed by atoms with van der Waals surface area (Å²) in [5, 5.41) is 0. The molecule has 4 nitrogen and oxygen atoms in total. The van der Waals surface area contributed by atoms with Crippen molar-refractivity contribution in [3.05, 3.63) is 71.8 Å². The fraction of sp³-hybridized carbons (Fsp3) is 0.400. The summed E-state index contributed by atoms with van der Waals surface area (Å²) >= 11 is 0. The van der Waals surface area contributed by atoms with Crippen LogP contribution in [0, 0.1) is 0 Å². The molecule has 0 saturated carbocycles. The van der Waals surface area contributed by atoms with E-state index in [1.165, 1.54) is 7.11 Å². The highest BCUT2D eigenvalue weighted by molar-refractivity contribution is 5.14. The van der Waals surface area contributed by atoms with E-state index < -0.39 is 24.7 Å². The van der Waals surface area contributed by atoms with Gasteiger partial charge in [-0.2, -0.15) is 0 Å². The zero-order valence-corrected chi connectivity index (χ0v) is 14.2. The molecule has 25 heavy (non-hydrogen) atoms. The average Bonchev–Trinajstić information content (AvgIpc) is 2.97. The Kier molecular flexibility index (Phi) is 6.53. The standard InChI is InChI=1S/C20H23FO4/c1-22-20-18(21)19(24-13-16-10-6-3-7-11-16)17(25-20)14-23-12-15-8-4-2-5-9-15/h2-11,17-20H,12-14H2,1H3/t17-,18?,19?,20-/m1/s1. The third-order valence-corrected chi connectivity index (χ3v) is 4.16. The van der Waals surface area contributed by atoms with Crippen molar-refractivity contribution in [2.24, 2.45) is 0 Å². The van der Waals surface area contributed by atoms with Crippen LogP contribution in [-0.4, -0.2) is 38.4 Å². The van der Waals surface area contributed by atoms with Crippen LogP contribution in [0.25, 0.3) is 0 Å². The van der Waals surface area contributed by atoms with Crippen LogP contribution in [-0.2, 0) is 32.2 Å². The Hall–Kier alpha value is -1.79. The maximum absolute atomic E-state index is 14.5. The van der Waals surface area contributed by atoms with Crippen LogP contribution in [0.15, 0.2) is 60.7 Å². The summed E-state index contributed by atoms with van der Waals surface area (Å²) in [7, 11) is 1.43. The molecule has 1 saturated heterocycles. The van der Waals surface area contributed by atoms with E-state index in [-0.39, 0.29) is 6.61 Å². The van der Waals surface area contributed by atoms with Crippen molar-refractivity contribution < 1.29 is 23.3 Å². The van der Waals surface area contributed by atoms with E-state index in [9.17, 15) is 4.39 Å². The van der Waals surface area contributed by atoms with Gasteiger partial charge >= 0.3 is 0 Å². The minimum absolute atomic E-state index is 0.245. The van der Waals surface area contributed by atoms with Gasteiger partial charge in [-0.15, -0.1) is 0 Å². The molecule has 4 atom stereocenters. The molecule has 134 valence electrons. The highest BCUT2D eigenvalue weighted by Gasteiger charge is 2.46. The van der Waals surface area contributed by atoms with E-state index in [1.807, 2.05) is 60.7 Å². The summed E-state index contributed by atoms with van der Waals surface area (Å²) < 4.78 is 36.7. The first-order valence-electron chi connectivity index (χ1n) is 8.37. The average molecular weight is 346 g/mol. The topological polar surface area (TPSA) is 36.9 Å². The fourth-order valence-electron chi connectivity index (χ4n) is 2.84. The molecule has 1 aliphatic rings. The molecular weight excluding hydrogens is 323 g/mol. The van der Waals surface area contributed by atoms with Crippen molar-refractivity contribution in [1.82, 2.24) is 0 Å². The normalized spacial score (nSPS) is 26.0. The van der Waals surface area contributed by atoms with Crippen molar-refractivity contribution in [2.75, 3.05) is 13.7 Å². The summed E-state index contributed by atoms with van der Waals surface area (Å²) in [6.07, 6.45) is -3.50. The lowest BCUT2D eigenvalue weighted by atomic mass is 10.1. The maximum atomic E-state index is 14.5. The second-order valence-corrected chi connectivity index (χ2v) is 5.98. The molecule has 1 fully saturated rings. The van der Waals surface area contributed by atoms with Crippen molar-refractivity contribution in [3.8, 4) is 0 Å². The molecule has 0 radical (unpaired) electrons. The molecule has 5 heteroatoms. The molecule has 0 aromatic heterocycles. The van der Waals surface area contributed by atoms with Crippen LogP contribution < -0.4 is 0 Å². The van der Waals surface area contributed by atoms with Gasteiger partial charge in [-0.3, -0.25) is 0 Å². The first kappa shape index (κ1) is 18.0. The van der Waals surface area contributed by atoms with Crippen LogP contribution in [0.2, 0.25) is 0 Å². The zero-order chi connectivity index (χ0) is 17.5. The Balaban J connectivity index is 1.55. The molecular formula is C20H23FO4. The highest BCUT2D eigenvalue weighted by Crippen LogP contribution is 2.28. The van der Waals surface area contributed by atoms with Crippen molar-refractivity contribution >= 4 is 0 Å². The van der Waals surface area contributed by atoms with E-state index in [2.05, 4.69) is 0 Å². The van der Waals surface area contributed by atoms with E-state index in [1.54, 1.807) is 0 Å². The van der Waals surface area contributed by atoms with Gasteiger partial charge in [0.15, 0.2) is 12.5 Å². The molecule has 0 spiro atoms. The number of ether oxygens (including phenoxy) is 4. The van der Waals surface area contributed by atoms with Gasteiger partial charge in [0.2, 0.25) is 0 Å². The first-order valence-corrected chi connectivity index (χ1v) is 8.37. The van der Waals surface area contributed by atoms with Crippen molar-refractivity contribution in [3.63, 3.8) is 0 Å². The molecule has 0 bridgehead atoms. The Labute approximate surface area is 147 Å². The van der Waals surface area contributed by atoms with E-state index in [4.69, 9.17) is 18.9 Å². The predicted octanol–water partition coefficient (Wildman–Crippen LogP) is 3.50. The Bertz CT molecular complexity index is 622. The summed E-state index contributed by atoms with van der Waals surface area (Å²) in [5.41, 5.74) is 2.04. The number of methoxy groups -OCH3 is 1. The zero-order valence-electron chi connectivity index (χ0n) is 14.2. The number of rotatable bonds is 8. The Morgan fingerprint density at radius 1 is 0.920 bits per heavy atom. The molecule has 0 N–H and O–H groups in total.